The van der Waals surface area contributed by atoms with Gasteiger partial charge in [-0.2, -0.15) is 0 Å². The minimum absolute atomic E-state index is 0.239. The third-order valence-electron chi connectivity index (χ3n) is 2.51. The van der Waals surface area contributed by atoms with Gasteiger partial charge in [-0.15, -0.1) is 0 Å². The maximum Gasteiger partial charge on any atom is 0.233 e. The third-order valence-corrected chi connectivity index (χ3v) is 2.76. The summed E-state index contributed by atoms with van der Waals surface area (Å²) in [6.45, 7) is 0. The summed E-state index contributed by atoms with van der Waals surface area (Å²) in [5, 5.41) is 5.86. The van der Waals surface area contributed by atoms with Crippen LogP contribution >= 0.6 is 11.6 Å². The standard InChI is InChI=1S/C15H13ClN2O2/c16-11-6-8-13(9-7-11)18-15(20)10-14(19)17-12-4-2-1-3-5-12/h1-9H,10H2,(H,17,19)(H,18,20). The second kappa shape index (κ2) is 6.73. The van der Waals surface area contributed by atoms with E-state index in [4.69, 9.17) is 11.6 Å². The molecule has 2 rings (SSSR count). The van der Waals surface area contributed by atoms with E-state index >= 15 is 0 Å². The third kappa shape index (κ3) is 4.40. The molecule has 0 saturated heterocycles. The molecule has 2 aromatic rings. The Labute approximate surface area is 121 Å². The Balaban J connectivity index is 1.85. The molecule has 0 atom stereocenters. The number of para-hydroxylation sites is 1. The summed E-state index contributed by atoms with van der Waals surface area (Å²) < 4.78 is 0. The number of amides is 2. The van der Waals surface area contributed by atoms with Crippen molar-refractivity contribution in [1.29, 1.82) is 0 Å². The maximum absolute atomic E-state index is 11.7. The zero-order valence-corrected chi connectivity index (χ0v) is 11.4. The lowest BCUT2D eigenvalue weighted by atomic mass is 10.3. The Morgan fingerprint density at radius 2 is 1.30 bits per heavy atom. The molecule has 0 radical (unpaired) electrons. The molecule has 4 nitrogen and oxygen atoms in total. The molecular weight excluding hydrogens is 276 g/mol. The maximum atomic E-state index is 11.7. The number of anilines is 2. The molecular formula is C15H13ClN2O2. The monoisotopic (exact) mass is 288 g/mol. The summed E-state index contributed by atoms with van der Waals surface area (Å²) in [7, 11) is 0. The first-order valence-electron chi connectivity index (χ1n) is 6.04. The molecule has 0 unspecified atom stereocenters. The van der Waals surface area contributed by atoms with Gasteiger partial charge in [0, 0.05) is 16.4 Å². The quantitative estimate of drug-likeness (QED) is 0.848. The second-order valence-corrected chi connectivity index (χ2v) is 4.58. The number of carbonyl (C=O) groups excluding carboxylic acids is 2. The number of nitrogens with one attached hydrogen (secondary N) is 2. The summed E-state index contributed by atoms with van der Waals surface area (Å²) in [6.07, 6.45) is -0.239. The van der Waals surface area contributed by atoms with Gasteiger partial charge in [-0.3, -0.25) is 9.59 Å². The highest BCUT2D eigenvalue weighted by Crippen LogP contribution is 2.13. The van der Waals surface area contributed by atoms with Crippen molar-refractivity contribution in [3.05, 3.63) is 59.6 Å². The number of rotatable bonds is 4. The average Bonchev–Trinajstić information content (AvgIpc) is 2.42. The molecule has 0 heterocycles. The van der Waals surface area contributed by atoms with Crippen molar-refractivity contribution >= 4 is 34.8 Å². The molecule has 0 bridgehead atoms. The average molecular weight is 289 g/mol. The van der Waals surface area contributed by atoms with E-state index in [1.807, 2.05) is 18.2 Å². The smallest absolute Gasteiger partial charge is 0.233 e. The van der Waals surface area contributed by atoms with Crippen LogP contribution in [0.15, 0.2) is 54.6 Å². The van der Waals surface area contributed by atoms with Crippen LogP contribution in [-0.2, 0) is 9.59 Å². The molecule has 2 aromatic carbocycles. The van der Waals surface area contributed by atoms with Crippen LogP contribution in [0.1, 0.15) is 6.42 Å². The topological polar surface area (TPSA) is 58.2 Å². The molecule has 0 aliphatic carbocycles. The van der Waals surface area contributed by atoms with Crippen molar-refractivity contribution in [2.24, 2.45) is 0 Å². The summed E-state index contributed by atoms with van der Waals surface area (Å²) in [5.41, 5.74) is 1.27. The van der Waals surface area contributed by atoms with Gasteiger partial charge in [-0.05, 0) is 36.4 Å². The molecule has 0 aliphatic rings. The fraction of sp³-hybridized carbons (Fsp3) is 0.0667. The van der Waals surface area contributed by atoms with Crippen molar-refractivity contribution in [3.8, 4) is 0 Å². The Hall–Kier alpha value is -2.33. The van der Waals surface area contributed by atoms with E-state index in [0.717, 1.165) is 0 Å². The lowest BCUT2D eigenvalue weighted by Crippen LogP contribution is -2.21. The van der Waals surface area contributed by atoms with Gasteiger partial charge in [0.25, 0.3) is 0 Å². The molecule has 102 valence electrons. The lowest BCUT2D eigenvalue weighted by Gasteiger charge is -2.06. The first kappa shape index (κ1) is 14.1. The summed E-state index contributed by atoms with van der Waals surface area (Å²) >= 11 is 5.75. The molecule has 0 spiro atoms. The number of hydrogen-bond acceptors (Lipinski definition) is 2. The normalized spacial score (nSPS) is 9.85. The first-order valence-corrected chi connectivity index (χ1v) is 6.41. The predicted octanol–water partition coefficient (Wildman–Crippen LogP) is 3.31. The first-order chi connectivity index (χ1) is 9.63. The molecule has 5 heteroatoms. The molecule has 0 aliphatic heterocycles. The molecule has 0 fully saturated rings. The van der Waals surface area contributed by atoms with E-state index in [0.29, 0.717) is 16.4 Å². The van der Waals surface area contributed by atoms with Crippen molar-refractivity contribution in [2.45, 2.75) is 6.42 Å². The second-order valence-electron chi connectivity index (χ2n) is 4.15. The van der Waals surface area contributed by atoms with Crippen molar-refractivity contribution in [1.82, 2.24) is 0 Å². The number of hydrogen-bond donors (Lipinski definition) is 2. The van der Waals surface area contributed by atoms with E-state index in [2.05, 4.69) is 10.6 Å². The van der Waals surface area contributed by atoms with Gasteiger partial charge in [-0.1, -0.05) is 29.8 Å². The van der Waals surface area contributed by atoms with E-state index < -0.39 is 0 Å². The van der Waals surface area contributed by atoms with Crippen LogP contribution in [0.25, 0.3) is 0 Å². The van der Waals surface area contributed by atoms with Crippen LogP contribution < -0.4 is 10.6 Å². The minimum atomic E-state index is -0.374. The molecule has 2 N–H and O–H groups in total. The van der Waals surface area contributed by atoms with Gasteiger partial charge in [-0.25, -0.2) is 0 Å². The molecule has 2 amide bonds. The number of halogens is 1. The summed E-state index contributed by atoms with van der Waals surface area (Å²) in [6, 6.07) is 15.7. The SMILES string of the molecule is O=C(CC(=O)Nc1ccc(Cl)cc1)Nc1ccccc1. The predicted molar refractivity (Wildman–Crippen MR) is 79.8 cm³/mol. The largest absolute Gasteiger partial charge is 0.326 e. The van der Waals surface area contributed by atoms with Gasteiger partial charge in [0.05, 0.1) is 0 Å². The van der Waals surface area contributed by atoms with Crippen molar-refractivity contribution in [2.75, 3.05) is 10.6 Å². The fourth-order valence-corrected chi connectivity index (χ4v) is 1.74. The van der Waals surface area contributed by atoms with E-state index in [-0.39, 0.29) is 18.2 Å². The van der Waals surface area contributed by atoms with Crippen LogP contribution in [0.2, 0.25) is 5.02 Å². The van der Waals surface area contributed by atoms with Gasteiger partial charge in [0.1, 0.15) is 6.42 Å². The summed E-state index contributed by atoms with van der Waals surface area (Å²) in [4.78, 5) is 23.4. The van der Waals surface area contributed by atoms with Crippen LogP contribution in [0.5, 0.6) is 0 Å². The van der Waals surface area contributed by atoms with Gasteiger partial charge in [0.15, 0.2) is 0 Å². The molecule has 0 aromatic heterocycles. The van der Waals surface area contributed by atoms with Crippen molar-refractivity contribution < 1.29 is 9.59 Å². The molecule has 20 heavy (non-hydrogen) atoms. The Morgan fingerprint density at radius 3 is 1.85 bits per heavy atom. The van der Waals surface area contributed by atoms with E-state index in [9.17, 15) is 9.59 Å². The molecule has 0 saturated carbocycles. The summed E-state index contributed by atoms with van der Waals surface area (Å²) in [5.74, 6) is -0.733. The fourth-order valence-electron chi connectivity index (χ4n) is 1.61. The zero-order valence-electron chi connectivity index (χ0n) is 10.6. The van der Waals surface area contributed by atoms with Crippen LogP contribution in [0, 0.1) is 0 Å². The van der Waals surface area contributed by atoms with Gasteiger partial charge in [0.2, 0.25) is 11.8 Å². The van der Waals surface area contributed by atoms with E-state index in [1.165, 1.54) is 0 Å². The van der Waals surface area contributed by atoms with Crippen LogP contribution in [0.4, 0.5) is 11.4 Å². The Bertz CT molecular complexity index is 597. The number of benzene rings is 2. The van der Waals surface area contributed by atoms with Gasteiger partial charge < -0.3 is 10.6 Å². The minimum Gasteiger partial charge on any atom is -0.326 e. The number of carbonyl (C=O) groups is 2. The lowest BCUT2D eigenvalue weighted by molar-refractivity contribution is -0.123. The zero-order chi connectivity index (χ0) is 14.4. The van der Waals surface area contributed by atoms with Crippen LogP contribution in [0.3, 0.4) is 0 Å². The Kier molecular flexibility index (Phi) is 4.74. The van der Waals surface area contributed by atoms with Gasteiger partial charge >= 0.3 is 0 Å². The Morgan fingerprint density at radius 1 is 0.800 bits per heavy atom. The highest BCUT2D eigenvalue weighted by molar-refractivity contribution is 6.30. The highest BCUT2D eigenvalue weighted by atomic mass is 35.5. The highest BCUT2D eigenvalue weighted by Gasteiger charge is 2.09. The van der Waals surface area contributed by atoms with Crippen molar-refractivity contribution in [3.63, 3.8) is 0 Å². The van der Waals surface area contributed by atoms with E-state index in [1.54, 1.807) is 36.4 Å². The van der Waals surface area contributed by atoms with Crippen LogP contribution in [-0.4, -0.2) is 11.8 Å².